The summed E-state index contributed by atoms with van der Waals surface area (Å²) in [6, 6.07) is 1.35. The molecule has 0 fully saturated rings. The van der Waals surface area contributed by atoms with Crippen molar-refractivity contribution in [3.63, 3.8) is 0 Å². The SMILES string of the molecule is C/C=C/C(=O)c1c(OC)cc(O)c(CC=C(C)C)c1O. The summed E-state index contributed by atoms with van der Waals surface area (Å²) < 4.78 is 5.06. The molecule has 0 heterocycles. The van der Waals surface area contributed by atoms with E-state index >= 15 is 0 Å². The number of carbonyl (C=O) groups excluding carboxylic acids is 1. The van der Waals surface area contributed by atoms with E-state index in [1.165, 1.54) is 19.3 Å². The maximum absolute atomic E-state index is 12.0. The number of allylic oxidation sites excluding steroid dienone is 4. The second-order valence-electron chi connectivity index (χ2n) is 4.65. The molecule has 1 rings (SSSR count). The van der Waals surface area contributed by atoms with Crippen molar-refractivity contribution in [3.05, 3.63) is 41.0 Å². The van der Waals surface area contributed by atoms with Gasteiger partial charge in [-0.3, -0.25) is 4.79 Å². The van der Waals surface area contributed by atoms with Crippen LogP contribution in [0.3, 0.4) is 0 Å². The molecule has 108 valence electrons. The minimum atomic E-state index is -0.361. The van der Waals surface area contributed by atoms with Gasteiger partial charge >= 0.3 is 0 Å². The summed E-state index contributed by atoms with van der Waals surface area (Å²) >= 11 is 0. The van der Waals surface area contributed by atoms with Gasteiger partial charge in [0.25, 0.3) is 0 Å². The van der Waals surface area contributed by atoms with E-state index in [9.17, 15) is 15.0 Å². The lowest BCUT2D eigenvalue weighted by atomic mass is 9.99. The van der Waals surface area contributed by atoms with Crippen LogP contribution in [0.5, 0.6) is 17.2 Å². The molecule has 4 nitrogen and oxygen atoms in total. The Balaban J connectivity index is 3.45. The highest BCUT2D eigenvalue weighted by Crippen LogP contribution is 2.38. The number of benzene rings is 1. The average molecular weight is 276 g/mol. The van der Waals surface area contributed by atoms with Crippen molar-refractivity contribution >= 4 is 5.78 Å². The normalized spacial score (nSPS) is 10.6. The maximum Gasteiger partial charge on any atom is 0.193 e. The Hall–Kier alpha value is -2.23. The predicted molar refractivity (Wildman–Crippen MR) is 78.6 cm³/mol. The summed E-state index contributed by atoms with van der Waals surface area (Å²) in [7, 11) is 1.39. The summed E-state index contributed by atoms with van der Waals surface area (Å²) in [5.41, 5.74) is 1.45. The van der Waals surface area contributed by atoms with Crippen LogP contribution < -0.4 is 4.74 Å². The molecule has 0 aliphatic carbocycles. The molecule has 0 amide bonds. The molecule has 1 aromatic rings. The van der Waals surface area contributed by atoms with Gasteiger partial charge in [0.05, 0.1) is 7.11 Å². The first-order valence-electron chi connectivity index (χ1n) is 6.34. The third kappa shape index (κ3) is 3.41. The van der Waals surface area contributed by atoms with Gasteiger partial charge in [0, 0.05) is 11.6 Å². The molecule has 0 spiro atoms. The molecular weight excluding hydrogens is 256 g/mol. The van der Waals surface area contributed by atoms with Crippen LogP contribution in [0.1, 0.15) is 36.7 Å². The minimum absolute atomic E-state index is 0.0700. The number of phenolic OH excluding ortho intramolecular Hbond substituents is 2. The molecule has 0 saturated heterocycles. The van der Waals surface area contributed by atoms with Crippen LogP contribution in [-0.2, 0) is 6.42 Å². The third-order valence-corrected chi connectivity index (χ3v) is 2.84. The fourth-order valence-electron chi connectivity index (χ4n) is 1.81. The fraction of sp³-hybridized carbons (Fsp3) is 0.312. The summed E-state index contributed by atoms with van der Waals surface area (Å²) in [6.45, 7) is 5.55. The molecular formula is C16H20O4. The van der Waals surface area contributed by atoms with Crippen molar-refractivity contribution in [2.75, 3.05) is 7.11 Å². The van der Waals surface area contributed by atoms with E-state index in [1.807, 2.05) is 19.9 Å². The van der Waals surface area contributed by atoms with Gasteiger partial charge in [0.15, 0.2) is 5.78 Å². The van der Waals surface area contributed by atoms with Crippen molar-refractivity contribution in [2.24, 2.45) is 0 Å². The molecule has 0 bridgehead atoms. The molecule has 0 atom stereocenters. The largest absolute Gasteiger partial charge is 0.507 e. The van der Waals surface area contributed by atoms with E-state index in [0.29, 0.717) is 12.0 Å². The van der Waals surface area contributed by atoms with Crippen LogP contribution in [0.2, 0.25) is 0 Å². The number of ether oxygens (including phenoxy) is 1. The van der Waals surface area contributed by atoms with Gasteiger partial charge in [0.2, 0.25) is 0 Å². The van der Waals surface area contributed by atoms with Crippen LogP contribution in [0.4, 0.5) is 0 Å². The number of hydrogen-bond donors (Lipinski definition) is 2. The van der Waals surface area contributed by atoms with E-state index in [4.69, 9.17) is 4.74 Å². The van der Waals surface area contributed by atoms with E-state index in [0.717, 1.165) is 5.57 Å². The Kier molecular flexibility index (Phi) is 5.38. The number of aromatic hydroxyl groups is 2. The second-order valence-corrected chi connectivity index (χ2v) is 4.65. The van der Waals surface area contributed by atoms with Crippen molar-refractivity contribution in [1.29, 1.82) is 0 Å². The molecule has 2 N–H and O–H groups in total. The van der Waals surface area contributed by atoms with Gasteiger partial charge in [0.1, 0.15) is 22.8 Å². The summed E-state index contributed by atoms with van der Waals surface area (Å²) in [5.74, 6) is -0.527. The molecule has 4 heteroatoms. The Labute approximate surface area is 119 Å². The first-order chi connectivity index (χ1) is 9.42. The quantitative estimate of drug-likeness (QED) is 0.491. The van der Waals surface area contributed by atoms with Crippen molar-refractivity contribution in [2.45, 2.75) is 27.2 Å². The first kappa shape index (κ1) is 15.8. The van der Waals surface area contributed by atoms with Crippen LogP contribution in [-0.4, -0.2) is 23.1 Å². The second kappa shape index (κ2) is 6.80. The summed E-state index contributed by atoms with van der Waals surface area (Å²) in [5, 5.41) is 20.2. The van der Waals surface area contributed by atoms with Gasteiger partial charge in [-0.1, -0.05) is 17.7 Å². The Morgan fingerprint density at radius 3 is 2.50 bits per heavy atom. The molecule has 0 saturated carbocycles. The van der Waals surface area contributed by atoms with Crippen LogP contribution in [0, 0.1) is 0 Å². The van der Waals surface area contributed by atoms with Crippen molar-refractivity contribution < 1.29 is 19.7 Å². The van der Waals surface area contributed by atoms with E-state index in [2.05, 4.69) is 0 Å². The number of rotatable bonds is 5. The lowest BCUT2D eigenvalue weighted by Gasteiger charge is -2.13. The lowest BCUT2D eigenvalue weighted by Crippen LogP contribution is -2.02. The van der Waals surface area contributed by atoms with E-state index < -0.39 is 0 Å². The van der Waals surface area contributed by atoms with Crippen molar-refractivity contribution in [3.8, 4) is 17.2 Å². The van der Waals surface area contributed by atoms with Gasteiger partial charge < -0.3 is 14.9 Å². The Morgan fingerprint density at radius 1 is 1.35 bits per heavy atom. The first-order valence-corrected chi connectivity index (χ1v) is 6.34. The number of carbonyl (C=O) groups is 1. The molecule has 1 aromatic carbocycles. The minimum Gasteiger partial charge on any atom is -0.507 e. The molecule has 0 aromatic heterocycles. The van der Waals surface area contributed by atoms with Gasteiger partial charge in [-0.2, -0.15) is 0 Å². The van der Waals surface area contributed by atoms with Gasteiger partial charge in [-0.05, 0) is 33.3 Å². The van der Waals surface area contributed by atoms with Gasteiger partial charge in [-0.25, -0.2) is 0 Å². The highest BCUT2D eigenvalue weighted by molar-refractivity contribution is 6.09. The topological polar surface area (TPSA) is 66.8 Å². The van der Waals surface area contributed by atoms with Crippen LogP contribution in [0.25, 0.3) is 0 Å². The van der Waals surface area contributed by atoms with Crippen LogP contribution in [0.15, 0.2) is 29.9 Å². The molecule has 0 aliphatic rings. The zero-order chi connectivity index (χ0) is 15.3. The smallest absolute Gasteiger partial charge is 0.193 e. The van der Waals surface area contributed by atoms with Crippen molar-refractivity contribution in [1.82, 2.24) is 0 Å². The zero-order valence-corrected chi connectivity index (χ0v) is 12.2. The average Bonchev–Trinajstić information content (AvgIpc) is 2.37. The Morgan fingerprint density at radius 2 is 2.00 bits per heavy atom. The zero-order valence-electron chi connectivity index (χ0n) is 12.2. The number of ketones is 1. The predicted octanol–water partition coefficient (Wildman–Crippen LogP) is 3.37. The standard InChI is InChI=1S/C16H20O4/c1-5-6-12(17)15-14(20-4)9-13(18)11(16(15)19)8-7-10(2)3/h5-7,9,18-19H,8H2,1-4H3/b6-5+. The molecule has 0 radical (unpaired) electrons. The van der Waals surface area contributed by atoms with Crippen LogP contribution >= 0.6 is 0 Å². The Bertz CT molecular complexity index is 564. The summed E-state index contributed by atoms with van der Waals surface area (Å²) in [6.07, 6.45) is 5.15. The monoisotopic (exact) mass is 276 g/mol. The molecule has 0 unspecified atom stereocenters. The highest BCUT2D eigenvalue weighted by Gasteiger charge is 2.21. The van der Waals surface area contributed by atoms with E-state index in [-0.39, 0.29) is 28.6 Å². The number of hydrogen-bond acceptors (Lipinski definition) is 4. The molecule has 0 aliphatic heterocycles. The van der Waals surface area contributed by atoms with Gasteiger partial charge in [-0.15, -0.1) is 0 Å². The maximum atomic E-state index is 12.0. The fourth-order valence-corrected chi connectivity index (χ4v) is 1.81. The highest BCUT2D eigenvalue weighted by atomic mass is 16.5. The van der Waals surface area contributed by atoms with E-state index in [1.54, 1.807) is 13.0 Å². The third-order valence-electron chi connectivity index (χ3n) is 2.84. The number of phenols is 2. The number of methoxy groups -OCH3 is 1. The lowest BCUT2D eigenvalue weighted by molar-refractivity contribution is 0.104. The molecule has 20 heavy (non-hydrogen) atoms. The summed E-state index contributed by atoms with van der Waals surface area (Å²) in [4.78, 5) is 12.0.